The molecule has 2 N–H and O–H groups in total. The number of aliphatic hydroxyl groups is 1. The molecule has 1 amide bonds. The van der Waals surface area contributed by atoms with E-state index in [4.69, 9.17) is 0 Å². The van der Waals surface area contributed by atoms with Crippen LogP contribution in [0.25, 0.3) is 0 Å². The highest BCUT2D eigenvalue weighted by atomic mass is 16.6. The summed E-state index contributed by atoms with van der Waals surface area (Å²) >= 11 is 0. The predicted molar refractivity (Wildman–Crippen MR) is 68.2 cm³/mol. The number of hydrogen-bond acceptors (Lipinski definition) is 6. The first-order chi connectivity index (χ1) is 9.38. The van der Waals surface area contributed by atoms with Crippen LogP contribution in [-0.2, 0) is 9.53 Å². The van der Waals surface area contributed by atoms with Gasteiger partial charge >= 0.3 is 5.97 Å². The number of para-hydroxylation sites is 1. The van der Waals surface area contributed by atoms with Gasteiger partial charge in [0.05, 0.1) is 18.6 Å². The first-order valence-corrected chi connectivity index (χ1v) is 5.66. The first-order valence-electron chi connectivity index (χ1n) is 5.66. The predicted octanol–water partition coefficient (Wildman–Crippen LogP) is 0.167. The van der Waals surface area contributed by atoms with Crippen molar-refractivity contribution in [2.45, 2.75) is 13.0 Å². The highest BCUT2D eigenvalue weighted by Gasteiger charge is 2.23. The van der Waals surface area contributed by atoms with E-state index >= 15 is 0 Å². The molecule has 20 heavy (non-hydrogen) atoms. The quantitative estimate of drug-likeness (QED) is 0.451. The maximum Gasteiger partial charge on any atom is 0.336 e. The maximum atomic E-state index is 11.9. The lowest BCUT2D eigenvalue weighted by molar-refractivity contribution is -0.385. The summed E-state index contributed by atoms with van der Waals surface area (Å²) in [5.74, 6) is -1.65. The Bertz CT molecular complexity index is 543. The Hall–Kier alpha value is -2.48. The second-order valence-electron chi connectivity index (χ2n) is 3.98. The molecule has 0 aliphatic carbocycles. The summed E-state index contributed by atoms with van der Waals surface area (Å²) in [6, 6.07) is 4.32. The molecule has 0 aliphatic heterocycles. The molecule has 0 aromatic heterocycles. The third kappa shape index (κ3) is 3.51. The number of nitro benzene ring substituents is 1. The highest BCUT2D eigenvalue weighted by molar-refractivity contribution is 5.98. The molecule has 1 aromatic rings. The molecule has 0 spiro atoms. The molecule has 1 rings (SSSR count). The largest absolute Gasteiger partial charge is 0.467 e. The van der Waals surface area contributed by atoms with E-state index in [0.29, 0.717) is 5.56 Å². The number of hydrogen-bond donors (Lipinski definition) is 2. The molecule has 0 heterocycles. The minimum absolute atomic E-state index is 0.132. The topological polar surface area (TPSA) is 119 Å². The molecule has 1 atom stereocenters. The Balaban J connectivity index is 2.86. The van der Waals surface area contributed by atoms with E-state index in [-0.39, 0.29) is 11.3 Å². The molecule has 0 saturated carbocycles. The van der Waals surface area contributed by atoms with E-state index < -0.39 is 29.4 Å². The zero-order valence-electron chi connectivity index (χ0n) is 11.0. The molecule has 8 heteroatoms. The molecular weight excluding hydrogens is 268 g/mol. The van der Waals surface area contributed by atoms with E-state index in [2.05, 4.69) is 10.1 Å². The fraction of sp³-hybridized carbons (Fsp3) is 0.333. The number of nitro groups is 1. The SMILES string of the molecule is COC(=O)C(O)CNC(=O)c1cccc(C)c1[N+](=O)[O-]. The minimum atomic E-state index is -1.52. The van der Waals surface area contributed by atoms with Gasteiger partial charge in [-0.3, -0.25) is 14.9 Å². The van der Waals surface area contributed by atoms with Gasteiger partial charge in [-0.2, -0.15) is 0 Å². The Kier molecular flexibility index (Phi) is 5.15. The normalized spacial score (nSPS) is 11.6. The van der Waals surface area contributed by atoms with Crippen molar-refractivity contribution in [2.75, 3.05) is 13.7 Å². The number of rotatable bonds is 5. The van der Waals surface area contributed by atoms with E-state index in [1.54, 1.807) is 0 Å². The van der Waals surface area contributed by atoms with Crippen LogP contribution in [0.3, 0.4) is 0 Å². The van der Waals surface area contributed by atoms with Gasteiger partial charge < -0.3 is 15.2 Å². The fourth-order valence-electron chi connectivity index (χ4n) is 1.59. The van der Waals surface area contributed by atoms with E-state index in [0.717, 1.165) is 7.11 Å². The molecule has 1 aromatic carbocycles. The van der Waals surface area contributed by atoms with Gasteiger partial charge in [-0.1, -0.05) is 12.1 Å². The number of nitrogens with zero attached hydrogens (tertiary/aromatic N) is 1. The summed E-state index contributed by atoms with van der Waals surface area (Å²) in [4.78, 5) is 33.1. The molecule has 8 nitrogen and oxygen atoms in total. The van der Waals surface area contributed by atoms with Gasteiger partial charge in [0.1, 0.15) is 5.56 Å². The third-order valence-corrected chi connectivity index (χ3v) is 2.59. The second kappa shape index (κ2) is 6.62. The Morgan fingerprint density at radius 3 is 2.70 bits per heavy atom. The number of nitrogens with one attached hydrogen (secondary N) is 1. The average Bonchev–Trinajstić information content (AvgIpc) is 2.42. The van der Waals surface area contributed by atoms with Crippen molar-refractivity contribution in [3.8, 4) is 0 Å². The van der Waals surface area contributed by atoms with Gasteiger partial charge in [-0.25, -0.2) is 4.79 Å². The number of methoxy groups -OCH3 is 1. The van der Waals surface area contributed by atoms with Crippen LogP contribution in [0, 0.1) is 17.0 Å². The number of amides is 1. The molecule has 0 saturated heterocycles. The zero-order valence-corrected chi connectivity index (χ0v) is 11.0. The van der Waals surface area contributed by atoms with Crippen LogP contribution in [0.1, 0.15) is 15.9 Å². The van der Waals surface area contributed by atoms with Crippen LogP contribution in [0.2, 0.25) is 0 Å². The van der Waals surface area contributed by atoms with Crippen LogP contribution in [0.15, 0.2) is 18.2 Å². The minimum Gasteiger partial charge on any atom is -0.467 e. The van der Waals surface area contributed by atoms with Gasteiger partial charge in [0.2, 0.25) is 0 Å². The smallest absolute Gasteiger partial charge is 0.336 e. The summed E-state index contributed by atoms with van der Waals surface area (Å²) in [6.45, 7) is 1.12. The fourth-order valence-corrected chi connectivity index (χ4v) is 1.59. The van der Waals surface area contributed by atoms with Crippen LogP contribution in [0.5, 0.6) is 0 Å². The number of carbonyl (C=O) groups excluding carboxylic acids is 2. The Morgan fingerprint density at radius 1 is 1.50 bits per heavy atom. The van der Waals surface area contributed by atoms with Crippen LogP contribution < -0.4 is 5.32 Å². The van der Waals surface area contributed by atoms with Crippen molar-refractivity contribution in [2.24, 2.45) is 0 Å². The van der Waals surface area contributed by atoms with E-state index in [1.807, 2.05) is 0 Å². The molecule has 108 valence electrons. The molecule has 1 unspecified atom stereocenters. The van der Waals surface area contributed by atoms with Crippen molar-refractivity contribution >= 4 is 17.6 Å². The van der Waals surface area contributed by atoms with Gasteiger partial charge in [0.25, 0.3) is 11.6 Å². The van der Waals surface area contributed by atoms with Gasteiger partial charge in [0, 0.05) is 5.56 Å². The number of ether oxygens (including phenoxy) is 1. The van der Waals surface area contributed by atoms with Gasteiger partial charge in [0.15, 0.2) is 6.10 Å². The van der Waals surface area contributed by atoms with Gasteiger partial charge in [-0.05, 0) is 13.0 Å². The van der Waals surface area contributed by atoms with Gasteiger partial charge in [-0.15, -0.1) is 0 Å². The lowest BCUT2D eigenvalue weighted by atomic mass is 10.1. The molecule has 0 radical (unpaired) electrons. The zero-order chi connectivity index (χ0) is 15.3. The second-order valence-corrected chi connectivity index (χ2v) is 3.98. The number of benzene rings is 1. The first kappa shape index (κ1) is 15.6. The van der Waals surface area contributed by atoms with Crippen LogP contribution in [0.4, 0.5) is 5.69 Å². The number of aliphatic hydroxyl groups excluding tert-OH is 1. The van der Waals surface area contributed by atoms with E-state index in [9.17, 15) is 24.8 Å². The van der Waals surface area contributed by atoms with Crippen molar-refractivity contribution < 1.29 is 24.4 Å². The average molecular weight is 282 g/mol. The summed E-state index contributed by atoms with van der Waals surface area (Å²) in [7, 11) is 1.10. The molecular formula is C12H14N2O6. The summed E-state index contributed by atoms with van der Waals surface area (Å²) in [5.41, 5.74) is -0.0965. The lowest BCUT2D eigenvalue weighted by Crippen LogP contribution is -2.37. The molecule has 0 bridgehead atoms. The summed E-state index contributed by atoms with van der Waals surface area (Å²) < 4.78 is 4.28. The van der Waals surface area contributed by atoms with Crippen molar-refractivity contribution in [1.82, 2.24) is 5.32 Å². The summed E-state index contributed by atoms with van der Waals surface area (Å²) in [6.07, 6.45) is -1.52. The van der Waals surface area contributed by atoms with Crippen LogP contribution >= 0.6 is 0 Å². The third-order valence-electron chi connectivity index (χ3n) is 2.59. The Labute approximate surface area is 114 Å². The maximum absolute atomic E-state index is 11.9. The number of aryl methyl sites for hydroxylation is 1. The summed E-state index contributed by atoms with van der Waals surface area (Å²) in [5, 5.41) is 22.5. The highest BCUT2D eigenvalue weighted by Crippen LogP contribution is 2.22. The molecule has 0 fully saturated rings. The monoisotopic (exact) mass is 282 g/mol. The van der Waals surface area contributed by atoms with Crippen molar-refractivity contribution in [3.05, 3.63) is 39.4 Å². The lowest BCUT2D eigenvalue weighted by Gasteiger charge is -2.10. The Morgan fingerprint density at radius 2 is 2.15 bits per heavy atom. The van der Waals surface area contributed by atoms with Crippen LogP contribution in [-0.4, -0.2) is 41.7 Å². The van der Waals surface area contributed by atoms with E-state index in [1.165, 1.54) is 25.1 Å². The van der Waals surface area contributed by atoms with Crippen molar-refractivity contribution in [3.63, 3.8) is 0 Å². The van der Waals surface area contributed by atoms with Crippen molar-refractivity contribution in [1.29, 1.82) is 0 Å². The molecule has 0 aliphatic rings. The standard InChI is InChI=1S/C12H14N2O6/c1-7-4-3-5-8(10(7)14(18)19)11(16)13-6-9(15)12(17)20-2/h3-5,9,15H,6H2,1-2H3,(H,13,16). The number of esters is 1. The number of carbonyl (C=O) groups is 2.